The van der Waals surface area contributed by atoms with Gasteiger partial charge in [0.15, 0.2) is 0 Å². The number of amides is 2. The van der Waals surface area contributed by atoms with Crippen molar-refractivity contribution in [1.29, 1.82) is 0 Å². The molecule has 0 aliphatic heterocycles. The summed E-state index contributed by atoms with van der Waals surface area (Å²) in [6.07, 6.45) is 4.44. The highest BCUT2D eigenvalue weighted by atomic mass is 19.1. The number of imidazole rings is 1. The van der Waals surface area contributed by atoms with Gasteiger partial charge in [-0.15, -0.1) is 0 Å². The minimum Gasteiger partial charge on any atom is -0.335 e. The summed E-state index contributed by atoms with van der Waals surface area (Å²) in [7, 11) is 0. The molecule has 24 heavy (non-hydrogen) atoms. The van der Waals surface area contributed by atoms with Crippen LogP contribution >= 0.6 is 0 Å². The molecule has 0 spiro atoms. The highest BCUT2D eigenvalue weighted by Crippen LogP contribution is 2.41. The second-order valence-electron chi connectivity index (χ2n) is 6.69. The molecule has 1 fully saturated rings. The quantitative estimate of drug-likeness (QED) is 0.855. The van der Waals surface area contributed by atoms with E-state index in [4.69, 9.17) is 0 Å². The van der Waals surface area contributed by atoms with E-state index in [0.717, 1.165) is 18.8 Å². The first-order valence-electron chi connectivity index (χ1n) is 8.33. The van der Waals surface area contributed by atoms with Gasteiger partial charge >= 0.3 is 6.03 Å². The molecule has 1 aliphatic rings. The first-order valence-corrected chi connectivity index (χ1v) is 8.33. The molecule has 1 saturated carbocycles. The van der Waals surface area contributed by atoms with Crippen LogP contribution in [0.2, 0.25) is 0 Å². The van der Waals surface area contributed by atoms with E-state index < -0.39 is 0 Å². The fraction of sp³-hybridized carbons (Fsp3) is 0.444. The Morgan fingerprint density at radius 2 is 2.21 bits per heavy atom. The third-order valence-corrected chi connectivity index (χ3v) is 4.18. The molecule has 0 bridgehead atoms. The molecule has 2 atom stereocenters. The first kappa shape index (κ1) is 16.5. The molecule has 1 heterocycles. The molecule has 2 N–H and O–H groups in total. The van der Waals surface area contributed by atoms with Gasteiger partial charge in [-0.2, -0.15) is 0 Å². The summed E-state index contributed by atoms with van der Waals surface area (Å²) >= 11 is 0. The molecule has 3 rings (SSSR count). The van der Waals surface area contributed by atoms with Gasteiger partial charge in [-0.05, 0) is 24.0 Å². The Hall–Kier alpha value is -2.37. The van der Waals surface area contributed by atoms with E-state index in [2.05, 4.69) is 29.5 Å². The summed E-state index contributed by atoms with van der Waals surface area (Å²) in [5.74, 6) is 1.21. The van der Waals surface area contributed by atoms with E-state index in [-0.39, 0.29) is 23.8 Å². The lowest BCUT2D eigenvalue weighted by atomic mass is 10.1. The number of hydrogen-bond donors (Lipinski definition) is 2. The van der Waals surface area contributed by atoms with Gasteiger partial charge in [-0.3, -0.25) is 0 Å². The summed E-state index contributed by atoms with van der Waals surface area (Å²) < 4.78 is 15.8. The maximum Gasteiger partial charge on any atom is 0.315 e. The van der Waals surface area contributed by atoms with Crippen molar-refractivity contribution in [3.05, 3.63) is 53.9 Å². The number of aromatic nitrogens is 2. The molecule has 6 heteroatoms. The molecule has 128 valence electrons. The summed E-state index contributed by atoms with van der Waals surface area (Å²) in [6.45, 7) is 5.53. The maximum atomic E-state index is 13.7. The standard InChI is InChI=1S/C18H23FN4O/c1-12(2)11-23-8-7-20-17(23)10-21-18(24)22-16-9-14(16)13-5-3-4-6-15(13)19/h3-8,12,14,16H,9-11H2,1-2H3,(H2,21,22,24)/t14-,16+/m0/s1. The van der Waals surface area contributed by atoms with Crippen LogP contribution in [0.5, 0.6) is 0 Å². The van der Waals surface area contributed by atoms with Crippen LogP contribution in [0.3, 0.4) is 0 Å². The van der Waals surface area contributed by atoms with Crippen molar-refractivity contribution in [2.24, 2.45) is 5.92 Å². The Bertz CT molecular complexity index is 713. The summed E-state index contributed by atoms with van der Waals surface area (Å²) in [4.78, 5) is 16.3. The van der Waals surface area contributed by atoms with Crippen molar-refractivity contribution < 1.29 is 9.18 Å². The van der Waals surface area contributed by atoms with E-state index in [0.29, 0.717) is 18.0 Å². The van der Waals surface area contributed by atoms with Crippen LogP contribution in [0.15, 0.2) is 36.7 Å². The summed E-state index contributed by atoms with van der Waals surface area (Å²) in [5, 5.41) is 5.73. The van der Waals surface area contributed by atoms with Gasteiger partial charge in [-0.1, -0.05) is 32.0 Å². The van der Waals surface area contributed by atoms with Crippen LogP contribution in [-0.2, 0) is 13.1 Å². The normalized spacial score (nSPS) is 19.3. The molecular weight excluding hydrogens is 307 g/mol. The number of rotatable bonds is 6. The van der Waals surface area contributed by atoms with Gasteiger partial charge in [0.2, 0.25) is 0 Å². The third-order valence-electron chi connectivity index (χ3n) is 4.18. The Labute approximate surface area is 141 Å². The van der Waals surface area contributed by atoms with E-state index >= 15 is 0 Å². The molecule has 0 radical (unpaired) electrons. The van der Waals surface area contributed by atoms with Gasteiger partial charge in [0.05, 0.1) is 6.54 Å². The predicted octanol–water partition coefficient (Wildman–Crippen LogP) is 3.03. The number of carbonyl (C=O) groups excluding carboxylic acids is 1. The molecule has 1 aromatic heterocycles. The number of carbonyl (C=O) groups is 1. The average Bonchev–Trinajstić information content (AvgIpc) is 3.14. The largest absolute Gasteiger partial charge is 0.335 e. The van der Waals surface area contributed by atoms with Crippen LogP contribution < -0.4 is 10.6 Å². The van der Waals surface area contributed by atoms with E-state index in [1.807, 2.05) is 16.8 Å². The number of nitrogens with one attached hydrogen (secondary N) is 2. The molecule has 2 aromatic rings. The smallest absolute Gasteiger partial charge is 0.315 e. The maximum absolute atomic E-state index is 13.7. The Kier molecular flexibility index (Phi) is 4.83. The van der Waals surface area contributed by atoms with Crippen LogP contribution in [0.4, 0.5) is 9.18 Å². The van der Waals surface area contributed by atoms with E-state index in [1.54, 1.807) is 18.3 Å². The Morgan fingerprint density at radius 3 is 2.96 bits per heavy atom. The van der Waals surface area contributed by atoms with Crippen LogP contribution in [-0.4, -0.2) is 21.6 Å². The predicted molar refractivity (Wildman–Crippen MR) is 90.0 cm³/mol. The number of benzene rings is 1. The van der Waals surface area contributed by atoms with Crippen LogP contribution in [0, 0.1) is 11.7 Å². The SMILES string of the molecule is CC(C)Cn1ccnc1CNC(=O)N[C@@H]1C[C@H]1c1ccccc1F. The van der Waals surface area contributed by atoms with Gasteiger partial charge in [0.1, 0.15) is 11.6 Å². The molecule has 5 nitrogen and oxygen atoms in total. The lowest BCUT2D eigenvalue weighted by Gasteiger charge is -2.11. The Balaban J connectivity index is 1.48. The molecule has 1 aliphatic carbocycles. The third kappa shape index (κ3) is 3.93. The summed E-state index contributed by atoms with van der Waals surface area (Å²) in [5.41, 5.74) is 0.676. The second-order valence-corrected chi connectivity index (χ2v) is 6.69. The molecule has 1 aromatic carbocycles. The average molecular weight is 330 g/mol. The zero-order valence-electron chi connectivity index (χ0n) is 14.0. The van der Waals surface area contributed by atoms with Crippen LogP contribution in [0.1, 0.15) is 37.6 Å². The van der Waals surface area contributed by atoms with Gasteiger partial charge < -0.3 is 15.2 Å². The molecule has 2 amide bonds. The van der Waals surface area contributed by atoms with Crippen molar-refractivity contribution in [3.63, 3.8) is 0 Å². The Morgan fingerprint density at radius 1 is 1.42 bits per heavy atom. The van der Waals surface area contributed by atoms with Crippen molar-refractivity contribution in [1.82, 2.24) is 20.2 Å². The number of urea groups is 1. The lowest BCUT2D eigenvalue weighted by molar-refractivity contribution is 0.239. The van der Waals surface area contributed by atoms with E-state index in [1.165, 1.54) is 6.07 Å². The van der Waals surface area contributed by atoms with Crippen molar-refractivity contribution in [3.8, 4) is 0 Å². The zero-order valence-corrected chi connectivity index (χ0v) is 14.0. The highest BCUT2D eigenvalue weighted by Gasteiger charge is 2.40. The molecule has 0 saturated heterocycles. The van der Waals surface area contributed by atoms with E-state index in [9.17, 15) is 9.18 Å². The fourth-order valence-electron chi connectivity index (χ4n) is 2.92. The van der Waals surface area contributed by atoms with Gasteiger partial charge in [0, 0.05) is 30.9 Å². The number of halogens is 1. The van der Waals surface area contributed by atoms with Crippen LogP contribution in [0.25, 0.3) is 0 Å². The van der Waals surface area contributed by atoms with Crippen molar-refractivity contribution >= 4 is 6.03 Å². The van der Waals surface area contributed by atoms with Gasteiger partial charge in [0.25, 0.3) is 0 Å². The minimum absolute atomic E-state index is 0.00249. The lowest BCUT2D eigenvalue weighted by Crippen LogP contribution is -2.37. The first-order chi connectivity index (χ1) is 11.5. The minimum atomic E-state index is -0.238. The number of nitrogens with zero attached hydrogens (tertiary/aromatic N) is 2. The summed E-state index contributed by atoms with van der Waals surface area (Å²) in [6, 6.07) is 6.50. The fourth-order valence-corrected chi connectivity index (χ4v) is 2.92. The number of hydrogen-bond acceptors (Lipinski definition) is 2. The molecule has 0 unspecified atom stereocenters. The topological polar surface area (TPSA) is 59.0 Å². The van der Waals surface area contributed by atoms with Gasteiger partial charge in [-0.25, -0.2) is 14.2 Å². The monoisotopic (exact) mass is 330 g/mol. The second kappa shape index (κ2) is 7.03. The molecular formula is C18H23FN4O. The zero-order chi connectivity index (χ0) is 17.1. The highest BCUT2D eigenvalue weighted by molar-refractivity contribution is 5.74. The van der Waals surface area contributed by atoms with Crippen molar-refractivity contribution in [2.75, 3.05) is 0 Å². The van der Waals surface area contributed by atoms with Crippen molar-refractivity contribution in [2.45, 2.75) is 45.3 Å².